The highest BCUT2D eigenvalue weighted by atomic mass is 16.5. The molecule has 1 rings (SSSR count). The molecular formula is C9H19NO. The number of morpholine rings is 1. The first-order chi connectivity index (χ1) is 5.17. The van der Waals surface area contributed by atoms with Crippen molar-refractivity contribution in [2.24, 2.45) is 5.41 Å². The molecule has 0 amide bonds. The molecule has 2 heteroatoms. The first kappa shape index (κ1) is 9.01. The summed E-state index contributed by atoms with van der Waals surface area (Å²) in [5.41, 5.74) is 0.327. The molecule has 0 aliphatic carbocycles. The summed E-state index contributed by atoms with van der Waals surface area (Å²) in [6.07, 6.45) is 1.58. The Morgan fingerprint density at radius 2 is 2.27 bits per heavy atom. The highest BCUT2D eigenvalue weighted by molar-refractivity contribution is 4.81. The molecule has 0 aromatic carbocycles. The Morgan fingerprint density at radius 3 is 2.73 bits per heavy atom. The fraction of sp³-hybridized carbons (Fsp3) is 1.00. The molecule has 0 aromatic rings. The summed E-state index contributed by atoms with van der Waals surface area (Å²) in [6, 6.07) is 0. The van der Waals surface area contributed by atoms with E-state index in [-0.39, 0.29) is 0 Å². The molecule has 0 aromatic heterocycles. The van der Waals surface area contributed by atoms with Crippen LogP contribution in [0.5, 0.6) is 0 Å². The zero-order valence-electron chi connectivity index (χ0n) is 7.81. The van der Waals surface area contributed by atoms with Crippen LogP contribution in [0.25, 0.3) is 0 Å². The fourth-order valence-corrected chi connectivity index (χ4v) is 1.29. The van der Waals surface area contributed by atoms with Gasteiger partial charge in [0.25, 0.3) is 0 Å². The maximum atomic E-state index is 5.67. The van der Waals surface area contributed by atoms with E-state index in [1.165, 1.54) is 6.42 Å². The van der Waals surface area contributed by atoms with Gasteiger partial charge in [0.15, 0.2) is 0 Å². The summed E-state index contributed by atoms with van der Waals surface area (Å²) in [5.74, 6) is 0. The minimum absolute atomic E-state index is 0.327. The van der Waals surface area contributed by atoms with Crippen LogP contribution < -0.4 is 5.32 Å². The van der Waals surface area contributed by atoms with Gasteiger partial charge in [0, 0.05) is 13.1 Å². The summed E-state index contributed by atoms with van der Waals surface area (Å²) in [5, 5.41) is 3.35. The first-order valence-corrected chi connectivity index (χ1v) is 4.49. The molecule has 1 saturated heterocycles. The lowest BCUT2D eigenvalue weighted by molar-refractivity contribution is -0.0449. The van der Waals surface area contributed by atoms with Gasteiger partial charge in [0.2, 0.25) is 0 Å². The Kier molecular flexibility index (Phi) is 2.90. The van der Waals surface area contributed by atoms with E-state index in [1.54, 1.807) is 0 Å². The first-order valence-electron chi connectivity index (χ1n) is 4.49. The van der Waals surface area contributed by atoms with Crippen molar-refractivity contribution in [3.05, 3.63) is 0 Å². The number of nitrogens with one attached hydrogen (secondary N) is 1. The third-order valence-corrected chi connectivity index (χ3v) is 2.71. The topological polar surface area (TPSA) is 21.3 Å². The SMILES string of the molecule is CCC(C)(C)[C@@H]1CNCCO1. The molecule has 1 atom stereocenters. The average Bonchev–Trinajstić information content (AvgIpc) is 2.06. The van der Waals surface area contributed by atoms with E-state index in [0.29, 0.717) is 11.5 Å². The number of hydrogen-bond donors (Lipinski definition) is 1. The lowest BCUT2D eigenvalue weighted by Crippen LogP contribution is -2.46. The van der Waals surface area contributed by atoms with Crippen LogP contribution in [0.3, 0.4) is 0 Å². The monoisotopic (exact) mass is 157 g/mol. The molecule has 1 fully saturated rings. The van der Waals surface area contributed by atoms with Crippen molar-refractivity contribution in [2.45, 2.75) is 33.3 Å². The third kappa shape index (κ3) is 2.17. The largest absolute Gasteiger partial charge is 0.375 e. The molecule has 11 heavy (non-hydrogen) atoms. The van der Waals surface area contributed by atoms with Gasteiger partial charge in [-0.2, -0.15) is 0 Å². The average molecular weight is 157 g/mol. The molecule has 66 valence electrons. The highest BCUT2D eigenvalue weighted by Gasteiger charge is 2.29. The highest BCUT2D eigenvalue weighted by Crippen LogP contribution is 2.27. The van der Waals surface area contributed by atoms with Crippen molar-refractivity contribution in [1.82, 2.24) is 5.32 Å². The van der Waals surface area contributed by atoms with Crippen molar-refractivity contribution in [3.8, 4) is 0 Å². The Bertz CT molecular complexity index is 117. The van der Waals surface area contributed by atoms with Gasteiger partial charge in [-0.1, -0.05) is 20.8 Å². The molecule has 1 aliphatic rings. The van der Waals surface area contributed by atoms with Crippen LogP contribution in [-0.4, -0.2) is 25.8 Å². The lowest BCUT2D eigenvalue weighted by Gasteiger charge is -2.36. The van der Waals surface area contributed by atoms with Crippen molar-refractivity contribution >= 4 is 0 Å². The van der Waals surface area contributed by atoms with Crippen molar-refractivity contribution < 1.29 is 4.74 Å². The predicted octanol–water partition coefficient (Wildman–Crippen LogP) is 1.41. The number of ether oxygens (including phenoxy) is 1. The van der Waals surface area contributed by atoms with Crippen LogP contribution in [-0.2, 0) is 4.74 Å². The van der Waals surface area contributed by atoms with E-state index < -0.39 is 0 Å². The lowest BCUT2D eigenvalue weighted by atomic mass is 9.83. The van der Waals surface area contributed by atoms with Crippen LogP contribution in [0.15, 0.2) is 0 Å². The zero-order valence-corrected chi connectivity index (χ0v) is 7.81. The normalized spacial score (nSPS) is 27.0. The Labute approximate surface area is 69.3 Å². The summed E-state index contributed by atoms with van der Waals surface area (Å²) in [6.45, 7) is 9.65. The van der Waals surface area contributed by atoms with E-state index in [2.05, 4.69) is 26.1 Å². The fourth-order valence-electron chi connectivity index (χ4n) is 1.29. The molecule has 0 saturated carbocycles. The molecule has 0 radical (unpaired) electrons. The van der Waals surface area contributed by atoms with Gasteiger partial charge in [0.05, 0.1) is 12.7 Å². The van der Waals surface area contributed by atoms with Crippen molar-refractivity contribution in [2.75, 3.05) is 19.7 Å². The smallest absolute Gasteiger partial charge is 0.0750 e. The van der Waals surface area contributed by atoms with Gasteiger partial charge in [-0.05, 0) is 11.8 Å². The summed E-state index contributed by atoms with van der Waals surface area (Å²) < 4.78 is 5.67. The van der Waals surface area contributed by atoms with E-state index in [0.717, 1.165) is 19.7 Å². The van der Waals surface area contributed by atoms with E-state index in [4.69, 9.17) is 4.74 Å². The molecule has 1 aliphatic heterocycles. The summed E-state index contributed by atoms with van der Waals surface area (Å²) in [4.78, 5) is 0. The second kappa shape index (κ2) is 3.55. The minimum atomic E-state index is 0.327. The molecule has 0 bridgehead atoms. The Morgan fingerprint density at radius 1 is 1.55 bits per heavy atom. The van der Waals surface area contributed by atoms with Gasteiger partial charge < -0.3 is 10.1 Å². The van der Waals surface area contributed by atoms with E-state index in [9.17, 15) is 0 Å². The molecule has 0 unspecified atom stereocenters. The van der Waals surface area contributed by atoms with Crippen LogP contribution in [0.2, 0.25) is 0 Å². The Hall–Kier alpha value is -0.0800. The molecule has 1 heterocycles. The van der Waals surface area contributed by atoms with Crippen LogP contribution >= 0.6 is 0 Å². The van der Waals surface area contributed by atoms with E-state index in [1.807, 2.05) is 0 Å². The second-order valence-electron chi connectivity index (χ2n) is 3.91. The van der Waals surface area contributed by atoms with Gasteiger partial charge in [-0.25, -0.2) is 0 Å². The van der Waals surface area contributed by atoms with Crippen LogP contribution in [0.1, 0.15) is 27.2 Å². The predicted molar refractivity (Wildman–Crippen MR) is 46.7 cm³/mol. The van der Waals surface area contributed by atoms with Crippen molar-refractivity contribution in [1.29, 1.82) is 0 Å². The maximum Gasteiger partial charge on any atom is 0.0750 e. The van der Waals surface area contributed by atoms with Crippen molar-refractivity contribution in [3.63, 3.8) is 0 Å². The molecule has 1 N–H and O–H groups in total. The summed E-state index contributed by atoms with van der Waals surface area (Å²) in [7, 11) is 0. The number of hydrogen-bond acceptors (Lipinski definition) is 2. The van der Waals surface area contributed by atoms with Gasteiger partial charge in [-0.15, -0.1) is 0 Å². The molecule has 0 spiro atoms. The maximum absolute atomic E-state index is 5.67. The Balaban J connectivity index is 2.43. The molecular weight excluding hydrogens is 138 g/mol. The third-order valence-electron chi connectivity index (χ3n) is 2.71. The van der Waals surface area contributed by atoms with E-state index >= 15 is 0 Å². The molecule has 2 nitrogen and oxygen atoms in total. The summed E-state index contributed by atoms with van der Waals surface area (Å²) >= 11 is 0. The second-order valence-corrected chi connectivity index (χ2v) is 3.91. The number of rotatable bonds is 2. The van der Waals surface area contributed by atoms with Gasteiger partial charge in [0.1, 0.15) is 0 Å². The zero-order chi connectivity index (χ0) is 8.32. The quantitative estimate of drug-likeness (QED) is 0.654. The van der Waals surface area contributed by atoms with Gasteiger partial charge in [-0.3, -0.25) is 0 Å². The van der Waals surface area contributed by atoms with Gasteiger partial charge >= 0.3 is 0 Å². The minimum Gasteiger partial charge on any atom is -0.375 e. The standard InChI is InChI=1S/C9H19NO/c1-4-9(2,3)8-7-10-5-6-11-8/h8,10H,4-7H2,1-3H3/t8-/m0/s1. The van der Waals surface area contributed by atoms with Crippen LogP contribution in [0, 0.1) is 5.41 Å². The van der Waals surface area contributed by atoms with Crippen LogP contribution in [0.4, 0.5) is 0 Å².